The van der Waals surface area contributed by atoms with E-state index in [1.54, 1.807) is 12.1 Å². The van der Waals surface area contributed by atoms with Gasteiger partial charge < -0.3 is 10.1 Å². The molecule has 0 radical (unpaired) electrons. The van der Waals surface area contributed by atoms with Gasteiger partial charge in [-0.25, -0.2) is 0 Å². The lowest BCUT2D eigenvalue weighted by Crippen LogP contribution is -2.12. The number of ether oxygens (including phenoxy) is 1. The van der Waals surface area contributed by atoms with Gasteiger partial charge in [0.25, 0.3) is 0 Å². The van der Waals surface area contributed by atoms with Gasteiger partial charge in [-0.2, -0.15) is 0 Å². The smallest absolute Gasteiger partial charge is 0.224 e. The zero-order chi connectivity index (χ0) is 16.7. The Kier molecular flexibility index (Phi) is 6.48. The first-order valence-corrected chi connectivity index (χ1v) is 8.20. The summed E-state index contributed by atoms with van der Waals surface area (Å²) >= 11 is 5.88. The molecule has 2 aromatic rings. The number of halogens is 1. The monoisotopic (exact) mass is 331 g/mol. The lowest BCUT2D eigenvalue weighted by Gasteiger charge is -2.09. The minimum atomic E-state index is -0.0361. The zero-order valence-electron chi connectivity index (χ0n) is 13.5. The quantitative estimate of drug-likeness (QED) is 0.703. The standard InChI is InChI=1S/C19H22ClNO2/c1-14(2)15-8-10-18(11-9-15)23-12-4-7-19(22)21-17-6-3-5-16(20)13-17/h3,5-6,8-11,13-14H,4,7,12H2,1-2H3,(H,21,22). The second-order valence-electron chi connectivity index (χ2n) is 5.73. The maximum absolute atomic E-state index is 11.8. The Labute approximate surface area is 142 Å². The lowest BCUT2D eigenvalue weighted by atomic mass is 10.0. The molecule has 1 amide bonds. The van der Waals surface area contributed by atoms with Crippen LogP contribution in [-0.4, -0.2) is 12.5 Å². The van der Waals surface area contributed by atoms with E-state index in [0.29, 0.717) is 36.1 Å². The van der Waals surface area contributed by atoms with Crippen LogP contribution in [0.4, 0.5) is 5.69 Å². The van der Waals surface area contributed by atoms with Crippen LogP contribution in [0.2, 0.25) is 5.02 Å². The van der Waals surface area contributed by atoms with Crippen molar-refractivity contribution in [1.29, 1.82) is 0 Å². The molecular formula is C19H22ClNO2. The summed E-state index contributed by atoms with van der Waals surface area (Å²) in [4.78, 5) is 11.8. The van der Waals surface area contributed by atoms with Crippen molar-refractivity contribution in [2.24, 2.45) is 0 Å². The molecule has 0 fully saturated rings. The van der Waals surface area contributed by atoms with Crippen molar-refractivity contribution in [3.63, 3.8) is 0 Å². The van der Waals surface area contributed by atoms with Crippen molar-refractivity contribution in [2.75, 3.05) is 11.9 Å². The maximum Gasteiger partial charge on any atom is 0.224 e. The number of rotatable bonds is 7. The van der Waals surface area contributed by atoms with Crippen LogP contribution in [0.3, 0.4) is 0 Å². The third kappa shape index (κ3) is 5.95. The van der Waals surface area contributed by atoms with E-state index in [1.165, 1.54) is 5.56 Å². The van der Waals surface area contributed by atoms with Crippen LogP contribution in [0.15, 0.2) is 48.5 Å². The number of benzene rings is 2. The van der Waals surface area contributed by atoms with E-state index >= 15 is 0 Å². The van der Waals surface area contributed by atoms with Gasteiger partial charge in [-0.05, 0) is 48.2 Å². The average Bonchev–Trinajstić information content (AvgIpc) is 2.52. The number of carbonyl (C=O) groups excluding carboxylic acids is 1. The second kappa shape index (κ2) is 8.59. The highest BCUT2D eigenvalue weighted by Crippen LogP contribution is 2.19. The molecule has 1 N–H and O–H groups in total. The third-order valence-electron chi connectivity index (χ3n) is 3.47. The molecule has 0 heterocycles. The summed E-state index contributed by atoms with van der Waals surface area (Å²) in [5.41, 5.74) is 2.01. The largest absolute Gasteiger partial charge is 0.494 e. The second-order valence-corrected chi connectivity index (χ2v) is 6.17. The maximum atomic E-state index is 11.8. The molecule has 4 heteroatoms. The zero-order valence-corrected chi connectivity index (χ0v) is 14.3. The molecule has 0 aromatic heterocycles. The first kappa shape index (κ1) is 17.4. The van der Waals surface area contributed by atoms with Gasteiger partial charge in [-0.1, -0.05) is 43.6 Å². The van der Waals surface area contributed by atoms with E-state index in [9.17, 15) is 4.79 Å². The fourth-order valence-electron chi connectivity index (χ4n) is 2.16. The molecule has 0 unspecified atom stereocenters. The molecule has 0 aliphatic heterocycles. The Balaban J connectivity index is 1.69. The van der Waals surface area contributed by atoms with Crippen LogP contribution < -0.4 is 10.1 Å². The topological polar surface area (TPSA) is 38.3 Å². The van der Waals surface area contributed by atoms with Gasteiger partial charge in [0.1, 0.15) is 5.75 Å². The summed E-state index contributed by atoms with van der Waals surface area (Å²) in [5.74, 6) is 1.31. The van der Waals surface area contributed by atoms with Gasteiger partial charge in [0.15, 0.2) is 0 Å². The van der Waals surface area contributed by atoms with Crippen molar-refractivity contribution < 1.29 is 9.53 Å². The van der Waals surface area contributed by atoms with Crippen LogP contribution in [0.5, 0.6) is 5.75 Å². The summed E-state index contributed by atoms with van der Waals surface area (Å²) in [6.07, 6.45) is 1.08. The van der Waals surface area contributed by atoms with Crippen LogP contribution in [0, 0.1) is 0 Å². The van der Waals surface area contributed by atoms with Gasteiger partial charge >= 0.3 is 0 Å². The molecule has 3 nitrogen and oxygen atoms in total. The Bertz CT molecular complexity index is 638. The molecule has 0 atom stereocenters. The predicted molar refractivity (Wildman–Crippen MR) is 95.3 cm³/mol. The number of hydrogen-bond donors (Lipinski definition) is 1. The number of anilines is 1. The fraction of sp³-hybridized carbons (Fsp3) is 0.316. The van der Waals surface area contributed by atoms with Crippen molar-refractivity contribution in [2.45, 2.75) is 32.6 Å². The molecule has 23 heavy (non-hydrogen) atoms. The third-order valence-corrected chi connectivity index (χ3v) is 3.71. The van der Waals surface area contributed by atoms with Crippen molar-refractivity contribution in [3.8, 4) is 5.75 Å². The highest BCUT2D eigenvalue weighted by atomic mass is 35.5. The van der Waals surface area contributed by atoms with Crippen LogP contribution in [0.25, 0.3) is 0 Å². The molecular weight excluding hydrogens is 310 g/mol. The molecule has 0 aliphatic rings. The Morgan fingerprint density at radius 1 is 1.17 bits per heavy atom. The highest BCUT2D eigenvalue weighted by molar-refractivity contribution is 6.30. The van der Waals surface area contributed by atoms with Crippen molar-refractivity contribution in [3.05, 3.63) is 59.1 Å². The first-order chi connectivity index (χ1) is 11.0. The number of carbonyl (C=O) groups is 1. The minimum absolute atomic E-state index is 0.0361. The molecule has 122 valence electrons. The molecule has 0 saturated heterocycles. The Morgan fingerprint density at radius 3 is 2.57 bits per heavy atom. The normalized spacial score (nSPS) is 10.6. The first-order valence-electron chi connectivity index (χ1n) is 7.83. The van der Waals surface area contributed by atoms with E-state index in [1.807, 2.05) is 24.3 Å². The van der Waals surface area contributed by atoms with Crippen LogP contribution in [0.1, 0.15) is 38.2 Å². The lowest BCUT2D eigenvalue weighted by molar-refractivity contribution is -0.116. The number of amides is 1. The summed E-state index contributed by atoms with van der Waals surface area (Å²) < 4.78 is 5.66. The van der Waals surface area contributed by atoms with Crippen molar-refractivity contribution in [1.82, 2.24) is 0 Å². The highest BCUT2D eigenvalue weighted by Gasteiger charge is 2.04. The van der Waals surface area contributed by atoms with Crippen LogP contribution in [-0.2, 0) is 4.79 Å². The number of hydrogen-bond acceptors (Lipinski definition) is 2. The summed E-state index contributed by atoms with van der Waals surface area (Å²) in [5, 5.41) is 3.43. The van der Waals surface area contributed by atoms with Gasteiger partial charge in [0.2, 0.25) is 5.91 Å². The molecule has 0 bridgehead atoms. The predicted octanol–water partition coefficient (Wildman–Crippen LogP) is 5.26. The van der Waals surface area contributed by atoms with Crippen LogP contribution >= 0.6 is 11.6 Å². The SMILES string of the molecule is CC(C)c1ccc(OCCCC(=O)Nc2cccc(Cl)c2)cc1. The van der Waals surface area contributed by atoms with Gasteiger partial charge in [-0.3, -0.25) is 4.79 Å². The summed E-state index contributed by atoms with van der Waals surface area (Å²) in [6, 6.07) is 15.2. The Hall–Kier alpha value is -2.00. The summed E-state index contributed by atoms with van der Waals surface area (Å²) in [7, 11) is 0. The van der Waals surface area contributed by atoms with Gasteiger partial charge in [-0.15, -0.1) is 0 Å². The van der Waals surface area contributed by atoms with E-state index in [2.05, 4.69) is 31.3 Å². The molecule has 2 rings (SSSR count). The molecule has 0 saturated carbocycles. The van der Waals surface area contributed by atoms with E-state index in [4.69, 9.17) is 16.3 Å². The molecule has 0 spiro atoms. The molecule has 0 aliphatic carbocycles. The fourth-order valence-corrected chi connectivity index (χ4v) is 2.35. The minimum Gasteiger partial charge on any atom is -0.494 e. The van der Waals surface area contributed by atoms with E-state index in [-0.39, 0.29) is 5.91 Å². The molecule has 2 aromatic carbocycles. The summed E-state index contributed by atoms with van der Waals surface area (Å²) in [6.45, 7) is 4.84. The van der Waals surface area contributed by atoms with Crippen molar-refractivity contribution >= 4 is 23.2 Å². The Morgan fingerprint density at radius 2 is 1.91 bits per heavy atom. The van der Waals surface area contributed by atoms with Gasteiger partial charge in [0.05, 0.1) is 6.61 Å². The number of nitrogens with one attached hydrogen (secondary N) is 1. The average molecular weight is 332 g/mol. The van der Waals surface area contributed by atoms with E-state index < -0.39 is 0 Å². The van der Waals surface area contributed by atoms with E-state index in [0.717, 1.165) is 5.75 Å². The van der Waals surface area contributed by atoms with Gasteiger partial charge in [0, 0.05) is 17.1 Å².